The molecule has 0 radical (unpaired) electrons. The molecule has 0 amide bonds. The van der Waals surface area contributed by atoms with Crippen LogP contribution < -0.4 is 4.90 Å². The number of benzene rings is 1. The van der Waals surface area contributed by atoms with Crippen molar-refractivity contribution >= 4 is 16.9 Å². The molecule has 4 heterocycles. The summed E-state index contributed by atoms with van der Waals surface area (Å²) < 4.78 is 6.08. The number of aromatic nitrogens is 3. The Bertz CT molecular complexity index is 942. The lowest BCUT2D eigenvalue weighted by Crippen LogP contribution is -2.72. The van der Waals surface area contributed by atoms with Gasteiger partial charge in [0.2, 0.25) is 0 Å². The molecular weight excluding hydrogens is 350 g/mol. The van der Waals surface area contributed by atoms with E-state index in [1.165, 1.54) is 18.4 Å². The zero-order valence-electron chi connectivity index (χ0n) is 16.3. The number of piperidine rings is 1. The average Bonchev–Trinajstić information content (AvgIpc) is 3.23. The first-order valence-corrected chi connectivity index (χ1v) is 10.2. The maximum atomic E-state index is 6.08. The lowest BCUT2D eigenvalue weighted by Gasteiger charge is -2.61. The average molecular weight is 377 g/mol. The molecule has 2 unspecified atom stereocenters. The maximum absolute atomic E-state index is 6.08. The Hall–Kier alpha value is -2.44. The lowest BCUT2D eigenvalue weighted by molar-refractivity contribution is -0.144. The molecular formula is C22H27N5O. The number of anilines is 1. The van der Waals surface area contributed by atoms with Gasteiger partial charge in [0.15, 0.2) is 0 Å². The number of aromatic amines is 1. The molecule has 5 rings (SSSR count). The van der Waals surface area contributed by atoms with E-state index in [4.69, 9.17) is 4.74 Å². The molecule has 0 aliphatic carbocycles. The Morgan fingerprint density at radius 1 is 1.21 bits per heavy atom. The summed E-state index contributed by atoms with van der Waals surface area (Å²) in [6.45, 7) is 6.89. The molecule has 0 bridgehead atoms. The van der Waals surface area contributed by atoms with E-state index in [1.54, 1.807) is 6.33 Å². The van der Waals surface area contributed by atoms with Gasteiger partial charge in [0.25, 0.3) is 0 Å². The van der Waals surface area contributed by atoms with Crippen LogP contribution in [0.25, 0.3) is 11.0 Å². The van der Waals surface area contributed by atoms with Crippen molar-refractivity contribution in [2.45, 2.75) is 31.9 Å². The number of hydrogen-bond acceptors (Lipinski definition) is 5. The first kappa shape index (κ1) is 17.6. The molecule has 2 atom stereocenters. The summed E-state index contributed by atoms with van der Waals surface area (Å²) in [4.78, 5) is 17.1. The molecule has 3 aromatic rings. The summed E-state index contributed by atoms with van der Waals surface area (Å²) in [5.74, 6) is 1.72. The Morgan fingerprint density at radius 3 is 2.96 bits per heavy atom. The Balaban J connectivity index is 1.30. The van der Waals surface area contributed by atoms with Gasteiger partial charge >= 0.3 is 0 Å². The van der Waals surface area contributed by atoms with Gasteiger partial charge in [-0.25, -0.2) is 9.97 Å². The molecule has 146 valence electrons. The lowest BCUT2D eigenvalue weighted by atomic mass is 9.70. The summed E-state index contributed by atoms with van der Waals surface area (Å²) in [5, 5.41) is 1.11. The van der Waals surface area contributed by atoms with Gasteiger partial charge in [-0.3, -0.25) is 4.90 Å². The highest BCUT2D eigenvalue weighted by Crippen LogP contribution is 2.44. The third-order valence-electron chi connectivity index (χ3n) is 6.53. The highest BCUT2D eigenvalue weighted by molar-refractivity contribution is 5.87. The van der Waals surface area contributed by atoms with Crippen LogP contribution in [-0.2, 0) is 11.3 Å². The molecule has 2 aliphatic heterocycles. The zero-order chi connectivity index (χ0) is 19.0. The number of hydrogen-bond donors (Lipinski definition) is 1. The van der Waals surface area contributed by atoms with Crippen LogP contribution in [-0.4, -0.2) is 51.8 Å². The third-order valence-corrected chi connectivity index (χ3v) is 6.53. The number of rotatable bonds is 5. The fourth-order valence-corrected chi connectivity index (χ4v) is 4.93. The minimum Gasteiger partial charge on any atom is -0.361 e. The highest BCUT2D eigenvalue weighted by atomic mass is 16.5. The van der Waals surface area contributed by atoms with Crippen molar-refractivity contribution in [2.75, 3.05) is 31.3 Å². The minimum absolute atomic E-state index is 0.183. The van der Waals surface area contributed by atoms with Crippen molar-refractivity contribution in [1.29, 1.82) is 0 Å². The second-order valence-electron chi connectivity index (χ2n) is 8.15. The van der Waals surface area contributed by atoms with E-state index >= 15 is 0 Å². The van der Waals surface area contributed by atoms with Gasteiger partial charge in [0.05, 0.1) is 18.7 Å². The number of likely N-dealkylation sites (tertiary alicyclic amines) is 1. The number of nitrogens with one attached hydrogen (secondary N) is 1. The fourth-order valence-electron chi connectivity index (χ4n) is 4.93. The first-order valence-electron chi connectivity index (χ1n) is 10.2. The van der Waals surface area contributed by atoms with Crippen LogP contribution in [0.4, 0.5) is 5.82 Å². The number of ether oxygens (including phenoxy) is 1. The second-order valence-corrected chi connectivity index (χ2v) is 8.15. The molecule has 1 aromatic carbocycles. The van der Waals surface area contributed by atoms with E-state index < -0.39 is 0 Å². The maximum Gasteiger partial charge on any atom is 0.142 e. The summed E-state index contributed by atoms with van der Waals surface area (Å²) in [6, 6.07) is 12.5. The van der Waals surface area contributed by atoms with Crippen molar-refractivity contribution in [3.05, 3.63) is 54.5 Å². The molecule has 1 N–H and O–H groups in total. The smallest absolute Gasteiger partial charge is 0.142 e. The van der Waals surface area contributed by atoms with Crippen LogP contribution in [0, 0.1) is 5.92 Å². The van der Waals surface area contributed by atoms with Crippen LogP contribution in [0.5, 0.6) is 0 Å². The van der Waals surface area contributed by atoms with Crippen LogP contribution in [0.2, 0.25) is 0 Å². The normalized spacial score (nSPS) is 25.3. The van der Waals surface area contributed by atoms with Gasteiger partial charge in [0, 0.05) is 31.4 Å². The van der Waals surface area contributed by atoms with E-state index in [0.717, 1.165) is 36.5 Å². The van der Waals surface area contributed by atoms with Crippen LogP contribution in [0.3, 0.4) is 0 Å². The summed E-state index contributed by atoms with van der Waals surface area (Å²) in [5.41, 5.74) is 2.32. The number of fused-ring (bicyclic) bond motifs is 1. The topological polar surface area (TPSA) is 57.3 Å². The molecule has 2 saturated heterocycles. The predicted molar refractivity (Wildman–Crippen MR) is 110 cm³/mol. The van der Waals surface area contributed by atoms with E-state index in [0.29, 0.717) is 19.3 Å². The van der Waals surface area contributed by atoms with Crippen molar-refractivity contribution in [3.63, 3.8) is 0 Å². The Kier molecular flexibility index (Phi) is 4.53. The van der Waals surface area contributed by atoms with Crippen LogP contribution in [0.15, 0.2) is 48.9 Å². The zero-order valence-corrected chi connectivity index (χ0v) is 16.3. The van der Waals surface area contributed by atoms with Gasteiger partial charge in [-0.15, -0.1) is 0 Å². The van der Waals surface area contributed by atoms with E-state index in [9.17, 15) is 0 Å². The number of nitrogens with zero attached hydrogens (tertiary/aromatic N) is 4. The fraction of sp³-hybridized carbons (Fsp3) is 0.455. The second kappa shape index (κ2) is 7.18. The SMILES string of the molecule is CC1CN(COCc2ccccc2)C12CCCN(c1ncnc3[nH]ccc13)C2. The van der Waals surface area contributed by atoms with Crippen molar-refractivity contribution in [3.8, 4) is 0 Å². The molecule has 28 heavy (non-hydrogen) atoms. The van der Waals surface area contributed by atoms with E-state index in [-0.39, 0.29) is 5.54 Å². The quantitative estimate of drug-likeness (QED) is 0.738. The molecule has 6 heteroatoms. The third kappa shape index (κ3) is 2.97. The van der Waals surface area contributed by atoms with Gasteiger partial charge < -0.3 is 14.6 Å². The van der Waals surface area contributed by atoms with E-state index in [2.05, 4.69) is 62.0 Å². The molecule has 0 saturated carbocycles. The monoisotopic (exact) mass is 377 g/mol. The number of H-pyrrole nitrogens is 1. The van der Waals surface area contributed by atoms with Gasteiger partial charge in [0.1, 0.15) is 17.8 Å². The highest BCUT2D eigenvalue weighted by Gasteiger charge is 2.53. The van der Waals surface area contributed by atoms with E-state index in [1.807, 2.05) is 12.3 Å². The van der Waals surface area contributed by atoms with Crippen LogP contribution >= 0.6 is 0 Å². The van der Waals surface area contributed by atoms with Gasteiger partial charge in [-0.05, 0) is 30.4 Å². The van der Waals surface area contributed by atoms with Gasteiger partial charge in [-0.2, -0.15) is 0 Å². The van der Waals surface area contributed by atoms with Gasteiger partial charge in [-0.1, -0.05) is 37.3 Å². The summed E-state index contributed by atoms with van der Waals surface area (Å²) in [6.07, 6.45) is 6.01. The minimum atomic E-state index is 0.183. The molecule has 6 nitrogen and oxygen atoms in total. The van der Waals surface area contributed by atoms with Crippen molar-refractivity contribution < 1.29 is 4.74 Å². The first-order chi connectivity index (χ1) is 13.8. The molecule has 1 spiro atoms. The summed E-state index contributed by atoms with van der Waals surface area (Å²) in [7, 11) is 0. The predicted octanol–water partition coefficient (Wildman–Crippen LogP) is 3.42. The Labute approximate surface area is 165 Å². The largest absolute Gasteiger partial charge is 0.361 e. The Morgan fingerprint density at radius 2 is 2.11 bits per heavy atom. The molecule has 2 aromatic heterocycles. The summed E-state index contributed by atoms with van der Waals surface area (Å²) >= 11 is 0. The standard InChI is InChI=1S/C22H27N5O/c1-17-12-27(16-28-13-18-6-3-2-4-7-18)22(17)9-5-11-26(14-22)21-19-8-10-23-20(19)24-15-25-21/h2-4,6-8,10,15,17H,5,9,11-14,16H2,1H3,(H,23,24,25). The van der Waals surface area contributed by atoms with Crippen LogP contribution in [0.1, 0.15) is 25.3 Å². The molecule has 2 aliphatic rings. The van der Waals surface area contributed by atoms with Crippen molar-refractivity contribution in [2.24, 2.45) is 5.92 Å². The molecule has 2 fully saturated rings. The van der Waals surface area contributed by atoms with Crippen molar-refractivity contribution in [1.82, 2.24) is 19.9 Å².